The molecule has 0 heterocycles. The van der Waals surface area contributed by atoms with Gasteiger partial charge in [0.25, 0.3) is 0 Å². The Kier molecular flexibility index (Phi) is 1.87. The van der Waals surface area contributed by atoms with Crippen LogP contribution in [0.1, 0.15) is 19.8 Å². The molecule has 4 heteroatoms. The average molecular weight is 196 g/mol. The molecule has 0 aromatic heterocycles. The summed E-state index contributed by atoms with van der Waals surface area (Å²) in [6, 6.07) is 0. The van der Waals surface area contributed by atoms with Gasteiger partial charge in [0.15, 0.2) is 0 Å². The summed E-state index contributed by atoms with van der Waals surface area (Å²) in [5.41, 5.74) is 1.00. The standard InChI is InChI=1S/C10H12O4/c1-4-2-5-3-6(4)8(10(13)14)7(5)9(11)12/h4,6,8H,2-3H2,1H3,(H,11,12)(H,13,14). The van der Waals surface area contributed by atoms with Gasteiger partial charge in [-0.05, 0) is 24.7 Å². The van der Waals surface area contributed by atoms with E-state index < -0.39 is 17.9 Å². The molecule has 0 aliphatic heterocycles. The van der Waals surface area contributed by atoms with E-state index in [1.165, 1.54) is 0 Å². The summed E-state index contributed by atoms with van der Waals surface area (Å²) in [6.45, 7) is 1.99. The van der Waals surface area contributed by atoms with Crippen LogP contribution in [0.2, 0.25) is 0 Å². The number of carboxylic acid groups (broad SMARTS) is 2. The van der Waals surface area contributed by atoms with Crippen molar-refractivity contribution in [3.63, 3.8) is 0 Å². The maximum Gasteiger partial charge on any atom is 0.332 e. The van der Waals surface area contributed by atoms with Gasteiger partial charge in [-0.3, -0.25) is 4.79 Å². The molecule has 14 heavy (non-hydrogen) atoms. The number of rotatable bonds is 2. The third-order valence-corrected chi connectivity index (χ3v) is 3.40. The monoisotopic (exact) mass is 196 g/mol. The van der Waals surface area contributed by atoms with Crippen LogP contribution in [-0.4, -0.2) is 22.2 Å². The third kappa shape index (κ3) is 1.06. The molecule has 0 aromatic carbocycles. The van der Waals surface area contributed by atoms with Crippen LogP contribution in [0.15, 0.2) is 11.1 Å². The summed E-state index contributed by atoms with van der Waals surface area (Å²) in [4.78, 5) is 21.8. The minimum Gasteiger partial charge on any atom is -0.481 e. The van der Waals surface area contributed by atoms with Crippen LogP contribution in [-0.2, 0) is 9.59 Å². The number of hydrogen-bond donors (Lipinski definition) is 2. The highest BCUT2D eigenvalue weighted by Crippen LogP contribution is 2.51. The molecule has 0 spiro atoms. The van der Waals surface area contributed by atoms with Crippen molar-refractivity contribution >= 4 is 11.9 Å². The zero-order valence-electron chi connectivity index (χ0n) is 7.86. The average Bonchev–Trinajstić information content (AvgIpc) is 2.58. The Hall–Kier alpha value is -1.32. The Morgan fingerprint density at radius 1 is 1.29 bits per heavy atom. The Morgan fingerprint density at radius 3 is 2.43 bits per heavy atom. The van der Waals surface area contributed by atoms with E-state index in [0.29, 0.717) is 12.3 Å². The SMILES string of the molecule is CC1CC2=C(C(=O)O)C(C(=O)O)C1C2. The van der Waals surface area contributed by atoms with Crippen molar-refractivity contribution in [3.8, 4) is 0 Å². The molecule has 2 bridgehead atoms. The van der Waals surface area contributed by atoms with Gasteiger partial charge in [0.05, 0.1) is 11.5 Å². The number of hydrogen-bond acceptors (Lipinski definition) is 2. The fourth-order valence-corrected chi connectivity index (χ4v) is 2.80. The van der Waals surface area contributed by atoms with Gasteiger partial charge in [0.2, 0.25) is 0 Å². The molecular weight excluding hydrogens is 184 g/mol. The van der Waals surface area contributed by atoms with E-state index >= 15 is 0 Å². The molecule has 1 saturated carbocycles. The molecule has 0 amide bonds. The van der Waals surface area contributed by atoms with E-state index in [-0.39, 0.29) is 11.5 Å². The predicted octanol–water partition coefficient (Wildman–Crippen LogP) is 1.13. The molecule has 0 saturated heterocycles. The lowest BCUT2D eigenvalue weighted by molar-refractivity contribution is -0.145. The number of aliphatic carboxylic acids is 2. The summed E-state index contributed by atoms with van der Waals surface area (Å²) in [5, 5.41) is 17.9. The Labute approximate surface area is 81.2 Å². The number of allylic oxidation sites excluding steroid dienone is 1. The van der Waals surface area contributed by atoms with Crippen LogP contribution in [0.4, 0.5) is 0 Å². The van der Waals surface area contributed by atoms with Gasteiger partial charge in [-0.2, -0.15) is 0 Å². The topological polar surface area (TPSA) is 74.6 Å². The molecule has 2 aliphatic carbocycles. The smallest absolute Gasteiger partial charge is 0.332 e. The van der Waals surface area contributed by atoms with E-state index in [2.05, 4.69) is 0 Å². The first-order chi connectivity index (χ1) is 6.52. The maximum atomic E-state index is 11.0. The summed E-state index contributed by atoms with van der Waals surface area (Å²) in [5.74, 6) is -2.50. The summed E-state index contributed by atoms with van der Waals surface area (Å²) < 4.78 is 0. The summed E-state index contributed by atoms with van der Waals surface area (Å²) in [6.07, 6.45) is 1.43. The molecule has 4 nitrogen and oxygen atoms in total. The van der Waals surface area contributed by atoms with Crippen molar-refractivity contribution in [2.45, 2.75) is 19.8 Å². The zero-order valence-corrected chi connectivity index (χ0v) is 7.86. The molecule has 0 radical (unpaired) electrons. The van der Waals surface area contributed by atoms with Gasteiger partial charge in [-0.25, -0.2) is 4.79 Å². The Morgan fingerprint density at radius 2 is 1.93 bits per heavy atom. The number of carbonyl (C=O) groups is 2. The van der Waals surface area contributed by atoms with E-state index in [0.717, 1.165) is 12.0 Å². The predicted molar refractivity (Wildman–Crippen MR) is 47.7 cm³/mol. The summed E-state index contributed by atoms with van der Waals surface area (Å²) in [7, 11) is 0. The highest BCUT2D eigenvalue weighted by molar-refractivity contribution is 5.96. The normalized spacial score (nSPS) is 35.1. The lowest BCUT2D eigenvalue weighted by atomic mass is 9.80. The fourth-order valence-electron chi connectivity index (χ4n) is 2.80. The van der Waals surface area contributed by atoms with Crippen molar-refractivity contribution < 1.29 is 19.8 Å². The van der Waals surface area contributed by atoms with Crippen LogP contribution in [0.25, 0.3) is 0 Å². The first-order valence-electron chi connectivity index (χ1n) is 4.70. The molecule has 2 aliphatic rings. The van der Waals surface area contributed by atoms with Crippen LogP contribution in [0.5, 0.6) is 0 Å². The number of carboxylic acids is 2. The highest BCUT2D eigenvalue weighted by atomic mass is 16.4. The lowest BCUT2D eigenvalue weighted by Gasteiger charge is -2.23. The van der Waals surface area contributed by atoms with E-state index in [1.54, 1.807) is 0 Å². The van der Waals surface area contributed by atoms with Crippen LogP contribution < -0.4 is 0 Å². The maximum absolute atomic E-state index is 11.0. The van der Waals surface area contributed by atoms with Gasteiger partial charge >= 0.3 is 11.9 Å². The Bertz CT molecular complexity index is 342. The molecule has 3 unspecified atom stereocenters. The van der Waals surface area contributed by atoms with Crippen LogP contribution in [0.3, 0.4) is 0 Å². The lowest BCUT2D eigenvalue weighted by Crippen LogP contribution is -2.29. The third-order valence-electron chi connectivity index (χ3n) is 3.40. The highest BCUT2D eigenvalue weighted by Gasteiger charge is 2.49. The van der Waals surface area contributed by atoms with Crippen molar-refractivity contribution in [3.05, 3.63) is 11.1 Å². The minimum atomic E-state index is -1.05. The first-order valence-corrected chi connectivity index (χ1v) is 4.70. The first kappa shape index (κ1) is 9.24. The summed E-state index contributed by atoms with van der Waals surface area (Å²) >= 11 is 0. The van der Waals surface area contributed by atoms with E-state index in [1.807, 2.05) is 6.92 Å². The van der Waals surface area contributed by atoms with Crippen molar-refractivity contribution in [2.75, 3.05) is 0 Å². The molecule has 2 rings (SSSR count). The number of fused-ring (bicyclic) bond motifs is 2. The largest absolute Gasteiger partial charge is 0.481 e. The second kappa shape index (κ2) is 2.83. The fraction of sp³-hybridized carbons (Fsp3) is 0.600. The van der Waals surface area contributed by atoms with Crippen molar-refractivity contribution in [1.82, 2.24) is 0 Å². The van der Waals surface area contributed by atoms with Gasteiger partial charge in [0.1, 0.15) is 0 Å². The second-order valence-electron chi connectivity index (χ2n) is 4.19. The Balaban J connectivity index is 2.42. The van der Waals surface area contributed by atoms with Gasteiger partial charge in [-0.1, -0.05) is 12.5 Å². The van der Waals surface area contributed by atoms with E-state index in [4.69, 9.17) is 10.2 Å². The van der Waals surface area contributed by atoms with Crippen molar-refractivity contribution in [2.24, 2.45) is 17.8 Å². The van der Waals surface area contributed by atoms with Gasteiger partial charge < -0.3 is 10.2 Å². The molecule has 2 N–H and O–H groups in total. The van der Waals surface area contributed by atoms with Crippen LogP contribution >= 0.6 is 0 Å². The molecule has 0 aromatic rings. The van der Waals surface area contributed by atoms with Crippen molar-refractivity contribution in [1.29, 1.82) is 0 Å². The second-order valence-corrected chi connectivity index (χ2v) is 4.19. The zero-order chi connectivity index (χ0) is 10.5. The van der Waals surface area contributed by atoms with Crippen LogP contribution in [0, 0.1) is 17.8 Å². The molecule has 1 fully saturated rings. The molecular formula is C10H12O4. The van der Waals surface area contributed by atoms with Gasteiger partial charge in [0, 0.05) is 0 Å². The minimum absolute atomic E-state index is 0.00796. The molecule has 3 atom stereocenters. The van der Waals surface area contributed by atoms with Gasteiger partial charge in [-0.15, -0.1) is 0 Å². The van der Waals surface area contributed by atoms with E-state index in [9.17, 15) is 9.59 Å². The quantitative estimate of drug-likeness (QED) is 0.694. The molecule has 76 valence electrons.